The Labute approximate surface area is 320 Å². The van der Waals surface area contributed by atoms with E-state index in [1.54, 1.807) is 79.3 Å². The first-order valence-electron chi connectivity index (χ1n) is 16.2. The molecule has 0 atom stereocenters. The monoisotopic (exact) mass is 803 g/mol. The molecule has 0 saturated carbocycles. The van der Waals surface area contributed by atoms with Crippen LogP contribution in [0.1, 0.15) is 5.56 Å². The summed E-state index contributed by atoms with van der Waals surface area (Å²) in [4.78, 5) is 33.0. The molecule has 2 saturated heterocycles. The van der Waals surface area contributed by atoms with Crippen LogP contribution in [0.5, 0.6) is 0 Å². The normalized spacial score (nSPS) is 15.2. The van der Waals surface area contributed by atoms with Gasteiger partial charge in [-0.1, -0.05) is 58.5 Å². The molecule has 0 bridgehead atoms. The Bertz CT molecular complexity index is 2260. The van der Waals surface area contributed by atoms with Crippen LogP contribution in [0, 0.1) is 0 Å². The van der Waals surface area contributed by atoms with Gasteiger partial charge >= 0.3 is 0 Å². The summed E-state index contributed by atoms with van der Waals surface area (Å²) in [5, 5.41) is 13.0. The highest BCUT2D eigenvalue weighted by Crippen LogP contribution is 2.25. The third kappa shape index (κ3) is 8.77. The maximum absolute atomic E-state index is 12.8. The van der Waals surface area contributed by atoms with Crippen molar-refractivity contribution in [1.29, 1.82) is 0 Å². The molecule has 0 spiro atoms. The van der Waals surface area contributed by atoms with E-state index in [0.717, 1.165) is 26.2 Å². The van der Waals surface area contributed by atoms with Gasteiger partial charge in [0.1, 0.15) is 10.0 Å². The Morgan fingerprint density at radius 1 is 0.654 bits per heavy atom. The minimum Gasteiger partial charge on any atom is -0.366 e. The van der Waals surface area contributed by atoms with Crippen molar-refractivity contribution in [2.24, 2.45) is 0 Å². The van der Waals surface area contributed by atoms with Crippen molar-refractivity contribution >= 4 is 67.8 Å². The number of benzene rings is 2. The van der Waals surface area contributed by atoms with Crippen molar-refractivity contribution < 1.29 is 8.42 Å². The second kappa shape index (κ2) is 16.8. The van der Waals surface area contributed by atoms with Gasteiger partial charge in [0.15, 0.2) is 0 Å². The number of halogens is 4. The molecule has 7 rings (SSSR count). The van der Waals surface area contributed by atoms with E-state index in [4.69, 9.17) is 46.4 Å². The highest BCUT2D eigenvalue weighted by Gasteiger charge is 2.29. The molecule has 52 heavy (non-hydrogen) atoms. The van der Waals surface area contributed by atoms with Crippen LogP contribution in [0.25, 0.3) is 11.4 Å². The number of pyridine rings is 1. The number of nitrogens with zero attached hydrogens (tertiary/aromatic N) is 8. The maximum Gasteiger partial charge on any atom is 0.292 e. The third-order valence-corrected chi connectivity index (χ3v) is 11.5. The zero-order valence-corrected chi connectivity index (χ0v) is 31.4. The van der Waals surface area contributed by atoms with Gasteiger partial charge < -0.3 is 15.1 Å². The zero-order valence-electron chi connectivity index (χ0n) is 27.6. The number of anilines is 2. The summed E-state index contributed by atoms with van der Waals surface area (Å²) in [7, 11) is -3.46. The Hall–Kier alpha value is -4.02. The third-order valence-electron chi connectivity index (χ3n) is 8.44. The molecule has 0 aliphatic carbocycles. The molecule has 2 aliphatic rings. The topological polar surface area (TPSA) is 139 Å². The van der Waals surface area contributed by atoms with Crippen LogP contribution < -0.4 is 26.2 Å². The van der Waals surface area contributed by atoms with Gasteiger partial charge in [-0.15, -0.1) is 0 Å². The predicted molar refractivity (Wildman–Crippen MR) is 205 cm³/mol. The minimum absolute atomic E-state index is 0.0306. The van der Waals surface area contributed by atoms with Crippen molar-refractivity contribution in [3.8, 4) is 11.4 Å². The second-order valence-corrected chi connectivity index (χ2v) is 15.4. The van der Waals surface area contributed by atoms with Gasteiger partial charge in [0.05, 0.1) is 40.9 Å². The number of piperazine rings is 2. The summed E-state index contributed by atoms with van der Waals surface area (Å²) in [6.45, 7) is 4.74. The lowest BCUT2D eigenvalue weighted by molar-refractivity contribution is 0.384. The molecule has 1 N–H and O–H groups in total. The molecule has 2 aliphatic heterocycles. The number of nitrogens with one attached hydrogen (secondary N) is 1. The quantitative estimate of drug-likeness (QED) is 0.250. The largest absolute Gasteiger partial charge is 0.366 e. The van der Waals surface area contributed by atoms with Gasteiger partial charge in [-0.2, -0.15) is 23.9 Å². The molecule has 272 valence electrons. The van der Waals surface area contributed by atoms with Crippen LogP contribution in [0.3, 0.4) is 0 Å². The molecule has 13 nitrogen and oxygen atoms in total. The summed E-state index contributed by atoms with van der Waals surface area (Å²) in [6.07, 6.45) is 6.30. The molecule has 3 aromatic heterocycles. The molecule has 5 aromatic rings. The summed E-state index contributed by atoms with van der Waals surface area (Å²) in [5.74, 6) is -0.0759. The zero-order chi connectivity index (χ0) is 36.8. The van der Waals surface area contributed by atoms with Crippen molar-refractivity contribution in [2.75, 3.05) is 62.2 Å². The van der Waals surface area contributed by atoms with Gasteiger partial charge in [-0.3, -0.25) is 14.6 Å². The van der Waals surface area contributed by atoms with Gasteiger partial charge in [0.2, 0.25) is 10.0 Å². The number of rotatable bonds is 7. The number of hydrogen-bond donors (Lipinski definition) is 1. The molecule has 2 aromatic carbocycles. The molecule has 0 amide bonds. The molecule has 2 fully saturated rings. The summed E-state index contributed by atoms with van der Waals surface area (Å²) < 4.78 is 29.4. The first kappa shape index (κ1) is 37.7. The van der Waals surface area contributed by atoms with E-state index in [-0.39, 0.29) is 21.4 Å². The molecular weight excluding hydrogens is 772 g/mol. The Morgan fingerprint density at radius 2 is 1.13 bits per heavy atom. The standard InChI is InChI=1S/C20H19Cl2N5O3S.C14H14Cl2N4O/c21-16-2-1-3-17(12-16)27-20(28)19(22)18(13-24-27)25-8-10-26(11-9-25)31(29,30)14-15-4-6-23-7-5-15;15-10-2-1-3-11(8-10)20-14(21)13(16)12(9-18-20)19-6-4-17-5-7-19/h1-7,12-13H,8-11,14H2;1-3,8-9,17H,4-7H2. The number of sulfonamides is 1. The van der Waals surface area contributed by atoms with E-state index in [9.17, 15) is 18.0 Å². The Morgan fingerprint density at radius 3 is 1.62 bits per heavy atom. The van der Waals surface area contributed by atoms with Gasteiger partial charge in [-0.05, 0) is 54.1 Å². The van der Waals surface area contributed by atoms with Crippen molar-refractivity contribution in [3.63, 3.8) is 0 Å². The van der Waals surface area contributed by atoms with Crippen LogP contribution in [-0.4, -0.2) is 89.6 Å². The van der Waals surface area contributed by atoms with Gasteiger partial charge in [0, 0.05) is 74.8 Å². The van der Waals surface area contributed by atoms with E-state index in [1.807, 2.05) is 4.90 Å². The molecular formula is C34H33Cl4N9O4S. The number of hydrogen-bond acceptors (Lipinski definition) is 10. The average Bonchev–Trinajstić information content (AvgIpc) is 3.15. The first-order chi connectivity index (χ1) is 25.0. The van der Waals surface area contributed by atoms with Crippen LogP contribution in [-0.2, 0) is 15.8 Å². The van der Waals surface area contributed by atoms with E-state index >= 15 is 0 Å². The summed E-state index contributed by atoms with van der Waals surface area (Å²) in [6, 6.07) is 17.1. The van der Waals surface area contributed by atoms with Crippen LogP contribution in [0.15, 0.2) is 95.0 Å². The van der Waals surface area contributed by atoms with Crippen molar-refractivity contribution in [1.82, 2.24) is 34.2 Å². The van der Waals surface area contributed by atoms with Crippen LogP contribution >= 0.6 is 46.4 Å². The van der Waals surface area contributed by atoms with E-state index in [1.165, 1.54) is 19.9 Å². The first-order valence-corrected chi connectivity index (χ1v) is 19.3. The summed E-state index contributed by atoms with van der Waals surface area (Å²) in [5.41, 5.74) is 2.16. The van der Waals surface area contributed by atoms with Crippen LogP contribution in [0.4, 0.5) is 11.4 Å². The fraction of sp³-hybridized carbons (Fsp3) is 0.265. The van der Waals surface area contributed by atoms with Gasteiger partial charge in [-0.25, -0.2) is 8.42 Å². The fourth-order valence-electron chi connectivity index (χ4n) is 5.77. The highest BCUT2D eigenvalue weighted by molar-refractivity contribution is 7.88. The Balaban J connectivity index is 0.000000192. The van der Waals surface area contributed by atoms with E-state index in [0.29, 0.717) is 64.5 Å². The lowest BCUT2D eigenvalue weighted by Gasteiger charge is -2.35. The average molecular weight is 806 g/mol. The predicted octanol–water partition coefficient (Wildman–Crippen LogP) is 4.54. The second-order valence-electron chi connectivity index (χ2n) is 11.8. The van der Waals surface area contributed by atoms with E-state index < -0.39 is 15.6 Å². The van der Waals surface area contributed by atoms with Crippen molar-refractivity contribution in [3.05, 3.63) is 132 Å². The molecule has 0 radical (unpaired) electrons. The summed E-state index contributed by atoms with van der Waals surface area (Å²) >= 11 is 24.6. The van der Waals surface area contributed by atoms with E-state index in [2.05, 4.69) is 25.4 Å². The SMILES string of the molecule is O=c1c(Cl)c(N2CCN(S(=O)(=O)Cc3ccncc3)CC2)cnn1-c1cccc(Cl)c1.O=c1c(Cl)c(N2CCNCC2)cnn1-c1cccc(Cl)c1. The highest BCUT2D eigenvalue weighted by atomic mass is 35.5. The fourth-order valence-corrected chi connectivity index (χ4v) is 8.15. The Kier molecular flexibility index (Phi) is 12.2. The minimum atomic E-state index is -3.46. The lowest BCUT2D eigenvalue weighted by Crippen LogP contribution is -2.49. The van der Waals surface area contributed by atoms with Crippen LogP contribution in [0.2, 0.25) is 20.1 Å². The molecule has 0 unspecified atom stereocenters. The smallest absolute Gasteiger partial charge is 0.292 e. The number of aromatic nitrogens is 5. The lowest BCUT2D eigenvalue weighted by atomic mass is 10.3. The molecule has 18 heteroatoms. The maximum atomic E-state index is 12.8. The van der Waals surface area contributed by atoms with Gasteiger partial charge in [0.25, 0.3) is 11.1 Å². The molecule has 5 heterocycles. The van der Waals surface area contributed by atoms with Crippen molar-refractivity contribution in [2.45, 2.75) is 5.75 Å².